The molecule has 2 heteroatoms. The van der Waals surface area contributed by atoms with E-state index in [4.69, 9.17) is 5.84 Å². The molecular formula is C11H24N2. The van der Waals surface area contributed by atoms with Gasteiger partial charge in [-0.05, 0) is 30.6 Å². The van der Waals surface area contributed by atoms with Crippen molar-refractivity contribution in [3.63, 3.8) is 0 Å². The maximum Gasteiger partial charge on any atom is 0.0264 e. The zero-order valence-corrected chi connectivity index (χ0v) is 9.27. The van der Waals surface area contributed by atoms with Crippen molar-refractivity contribution in [2.75, 3.05) is 0 Å². The summed E-state index contributed by atoms with van der Waals surface area (Å²) in [7, 11) is 0. The first-order valence-electron chi connectivity index (χ1n) is 5.54. The highest BCUT2D eigenvalue weighted by Gasteiger charge is 2.43. The van der Waals surface area contributed by atoms with E-state index in [-0.39, 0.29) is 0 Å². The predicted molar refractivity (Wildman–Crippen MR) is 57.1 cm³/mol. The lowest BCUT2D eigenvalue weighted by Gasteiger charge is -2.22. The van der Waals surface area contributed by atoms with E-state index in [2.05, 4.69) is 26.2 Å². The van der Waals surface area contributed by atoms with Crippen LogP contribution in [-0.2, 0) is 0 Å². The second-order valence-electron chi connectivity index (χ2n) is 5.20. The Bertz CT molecular complexity index is 150. The number of rotatable bonds is 6. The molecule has 2 nitrogen and oxygen atoms in total. The number of nitrogens with one attached hydrogen (secondary N) is 1. The fourth-order valence-corrected chi connectivity index (χ4v) is 1.91. The predicted octanol–water partition coefficient (Wildman–Crippen LogP) is 2.44. The summed E-state index contributed by atoms with van der Waals surface area (Å²) in [5, 5.41) is 0. The number of hydrogen-bond acceptors (Lipinski definition) is 2. The van der Waals surface area contributed by atoms with E-state index in [0.29, 0.717) is 11.5 Å². The third-order valence-corrected chi connectivity index (χ3v) is 3.36. The van der Waals surface area contributed by atoms with Gasteiger partial charge in [0.25, 0.3) is 0 Å². The lowest BCUT2D eigenvalue weighted by atomic mass is 9.93. The average molecular weight is 184 g/mol. The summed E-state index contributed by atoms with van der Waals surface area (Å²) < 4.78 is 0. The van der Waals surface area contributed by atoms with Gasteiger partial charge in [0.05, 0.1) is 0 Å². The number of hydrogen-bond donors (Lipinski definition) is 2. The number of nitrogens with two attached hydrogens (primary N) is 1. The summed E-state index contributed by atoms with van der Waals surface area (Å²) in [4.78, 5) is 0. The molecule has 1 aliphatic rings. The van der Waals surface area contributed by atoms with Gasteiger partial charge in [-0.15, -0.1) is 0 Å². The third kappa shape index (κ3) is 3.28. The van der Waals surface area contributed by atoms with Gasteiger partial charge < -0.3 is 0 Å². The summed E-state index contributed by atoms with van der Waals surface area (Å²) >= 11 is 0. The summed E-state index contributed by atoms with van der Waals surface area (Å²) in [5.41, 5.74) is 3.50. The van der Waals surface area contributed by atoms with Gasteiger partial charge in [-0.3, -0.25) is 11.3 Å². The van der Waals surface area contributed by atoms with E-state index in [1.165, 1.54) is 32.1 Å². The van der Waals surface area contributed by atoms with Gasteiger partial charge in [-0.1, -0.05) is 33.6 Å². The van der Waals surface area contributed by atoms with Crippen LogP contribution in [0.1, 0.15) is 52.9 Å². The first kappa shape index (κ1) is 11.0. The van der Waals surface area contributed by atoms with Crippen molar-refractivity contribution in [3.05, 3.63) is 0 Å². The van der Waals surface area contributed by atoms with Crippen molar-refractivity contribution in [1.29, 1.82) is 0 Å². The first-order chi connectivity index (χ1) is 6.08. The van der Waals surface area contributed by atoms with Crippen molar-refractivity contribution in [1.82, 2.24) is 5.43 Å². The SMILES string of the molecule is CC(C)CCCC(NN)C1(C)CC1. The molecule has 0 radical (unpaired) electrons. The van der Waals surface area contributed by atoms with Crippen molar-refractivity contribution in [3.8, 4) is 0 Å². The van der Waals surface area contributed by atoms with Crippen molar-refractivity contribution < 1.29 is 0 Å². The molecule has 0 bridgehead atoms. The number of hydrazine groups is 1. The van der Waals surface area contributed by atoms with Gasteiger partial charge in [0, 0.05) is 6.04 Å². The van der Waals surface area contributed by atoms with Crippen LogP contribution in [0.25, 0.3) is 0 Å². The fraction of sp³-hybridized carbons (Fsp3) is 1.00. The summed E-state index contributed by atoms with van der Waals surface area (Å²) in [6.45, 7) is 6.90. The van der Waals surface area contributed by atoms with E-state index < -0.39 is 0 Å². The quantitative estimate of drug-likeness (QED) is 0.491. The smallest absolute Gasteiger partial charge is 0.0264 e. The summed E-state index contributed by atoms with van der Waals surface area (Å²) in [5.74, 6) is 6.39. The molecule has 1 aliphatic carbocycles. The molecular weight excluding hydrogens is 160 g/mol. The van der Waals surface area contributed by atoms with Crippen LogP contribution < -0.4 is 11.3 Å². The Morgan fingerprint density at radius 2 is 1.92 bits per heavy atom. The van der Waals surface area contributed by atoms with E-state index in [9.17, 15) is 0 Å². The molecule has 1 saturated carbocycles. The standard InChI is InChI=1S/C11H24N2/c1-9(2)5-4-6-10(13-12)11(3)7-8-11/h9-10,13H,4-8,12H2,1-3H3. The molecule has 1 unspecified atom stereocenters. The van der Waals surface area contributed by atoms with Gasteiger partial charge in [-0.2, -0.15) is 0 Å². The summed E-state index contributed by atoms with van der Waals surface area (Å²) in [6, 6.07) is 0.547. The molecule has 0 aliphatic heterocycles. The fourth-order valence-electron chi connectivity index (χ4n) is 1.91. The van der Waals surface area contributed by atoms with Crippen molar-refractivity contribution in [2.24, 2.45) is 17.2 Å². The van der Waals surface area contributed by atoms with Crippen LogP contribution in [0.3, 0.4) is 0 Å². The Morgan fingerprint density at radius 3 is 2.31 bits per heavy atom. The second kappa shape index (κ2) is 4.43. The second-order valence-corrected chi connectivity index (χ2v) is 5.20. The largest absolute Gasteiger partial charge is 0.271 e. The Kier molecular flexibility index (Phi) is 3.74. The van der Waals surface area contributed by atoms with Gasteiger partial charge in [0.15, 0.2) is 0 Å². The summed E-state index contributed by atoms with van der Waals surface area (Å²) in [6.07, 6.45) is 6.58. The van der Waals surface area contributed by atoms with Gasteiger partial charge in [0.1, 0.15) is 0 Å². The zero-order chi connectivity index (χ0) is 9.90. The molecule has 0 aromatic rings. The van der Waals surface area contributed by atoms with Crippen LogP contribution in [0.4, 0.5) is 0 Å². The van der Waals surface area contributed by atoms with Crippen LogP contribution >= 0.6 is 0 Å². The molecule has 0 amide bonds. The van der Waals surface area contributed by atoms with Crippen molar-refractivity contribution in [2.45, 2.75) is 58.9 Å². The Hall–Kier alpha value is -0.0800. The monoisotopic (exact) mass is 184 g/mol. The Morgan fingerprint density at radius 1 is 1.31 bits per heavy atom. The minimum atomic E-state index is 0.520. The molecule has 3 N–H and O–H groups in total. The Labute approximate surface area is 82.2 Å². The van der Waals surface area contributed by atoms with Crippen LogP contribution in [0.2, 0.25) is 0 Å². The third-order valence-electron chi connectivity index (χ3n) is 3.36. The average Bonchev–Trinajstić information content (AvgIpc) is 2.78. The maximum absolute atomic E-state index is 5.57. The van der Waals surface area contributed by atoms with Gasteiger partial charge >= 0.3 is 0 Å². The molecule has 0 saturated heterocycles. The maximum atomic E-state index is 5.57. The lowest BCUT2D eigenvalue weighted by Crippen LogP contribution is -2.40. The van der Waals surface area contributed by atoms with E-state index in [1.54, 1.807) is 0 Å². The van der Waals surface area contributed by atoms with E-state index >= 15 is 0 Å². The normalized spacial score (nSPS) is 21.9. The van der Waals surface area contributed by atoms with Crippen LogP contribution in [0.15, 0.2) is 0 Å². The highest BCUT2D eigenvalue weighted by atomic mass is 15.2. The van der Waals surface area contributed by atoms with E-state index in [1.807, 2.05) is 0 Å². The molecule has 78 valence electrons. The molecule has 0 spiro atoms. The van der Waals surface area contributed by atoms with Gasteiger partial charge in [0.2, 0.25) is 0 Å². The van der Waals surface area contributed by atoms with Crippen LogP contribution in [0, 0.1) is 11.3 Å². The van der Waals surface area contributed by atoms with Gasteiger partial charge in [-0.25, -0.2) is 0 Å². The van der Waals surface area contributed by atoms with Crippen LogP contribution in [-0.4, -0.2) is 6.04 Å². The molecule has 13 heavy (non-hydrogen) atoms. The molecule has 0 aromatic carbocycles. The van der Waals surface area contributed by atoms with E-state index in [0.717, 1.165) is 5.92 Å². The van der Waals surface area contributed by atoms with Crippen molar-refractivity contribution >= 4 is 0 Å². The molecule has 1 rings (SSSR count). The molecule has 1 atom stereocenters. The topological polar surface area (TPSA) is 38.0 Å². The zero-order valence-electron chi connectivity index (χ0n) is 9.27. The minimum absolute atomic E-state index is 0.520. The Balaban J connectivity index is 2.17. The highest BCUT2D eigenvalue weighted by molar-refractivity contribution is 4.97. The highest BCUT2D eigenvalue weighted by Crippen LogP contribution is 2.49. The lowest BCUT2D eigenvalue weighted by molar-refractivity contribution is 0.326. The minimum Gasteiger partial charge on any atom is -0.271 e. The molecule has 0 heterocycles. The molecule has 0 aromatic heterocycles. The van der Waals surface area contributed by atoms with Crippen LogP contribution in [0.5, 0.6) is 0 Å². The molecule has 1 fully saturated rings. The first-order valence-corrected chi connectivity index (χ1v) is 5.54.